The SMILES string of the molecule is Cc1cc(S(=O)(=O)N2CCC(c3cn(Cc4ccc(C(F)(F)F)cc4)c4ccccc34)CC2)c(Cl)cc1Cl. The Morgan fingerprint density at radius 3 is 2.26 bits per heavy atom. The predicted octanol–water partition coefficient (Wildman–Crippen LogP) is 7.89. The molecule has 1 fully saturated rings. The Labute approximate surface area is 229 Å². The predicted molar refractivity (Wildman–Crippen MR) is 144 cm³/mol. The van der Waals surface area contributed by atoms with E-state index in [4.69, 9.17) is 23.2 Å². The summed E-state index contributed by atoms with van der Waals surface area (Å²) in [5, 5.41) is 1.59. The lowest BCUT2D eigenvalue weighted by Crippen LogP contribution is -2.38. The molecule has 0 atom stereocenters. The molecule has 4 aromatic rings. The maximum absolute atomic E-state index is 13.3. The summed E-state index contributed by atoms with van der Waals surface area (Å²) >= 11 is 12.3. The molecule has 0 N–H and O–H groups in total. The lowest BCUT2D eigenvalue weighted by Gasteiger charge is -2.31. The van der Waals surface area contributed by atoms with Crippen LogP contribution in [0.2, 0.25) is 10.0 Å². The highest BCUT2D eigenvalue weighted by atomic mass is 35.5. The van der Waals surface area contributed by atoms with Crippen molar-refractivity contribution in [1.82, 2.24) is 8.87 Å². The largest absolute Gasteiger partial charge is 0.416 e. The average Bonchev–Trinajstić information content (AvgIpc) is 3.24. The average molecular weight is 581 g/mol. The van der Waals surface area contributed by atoms with Gasteiger partial charge in [-0.25, -0.2) is 8.42 Å². The van der Waals surface area contributed by atoms with E-state index in [1.165, 1.54) is 28.6 Å². The van der Waals surface area contributed by atoms with Crippen LogP contribution in [0.25, 0.3) is 10.9 Å². The first-order valence-electron chi connectivity index (χ1n) is 12.1. The molecule has 2 heterocycles. The standard InChI is InChI=1S/C28H25Cl2F3N2O2S/c1-18-14-27(25(30)15-24(18)29)38(36,37)35-12-10-20(11-13-35)23-17-34(26-5-3-2-4-22(23)26)16-19-6-8-21(9-7-19)28(31,32)33/h2-9,14-15,17,20H,10-13,16H2,1H3. The fraction of sp³-hybridized carbons (Fsp3) is 0.286. The van der Waals surface area contributed by atoms with Crippen molar-refractivity contribution in [2.24, 2.45) is 0 Å². The van der Waals surface area contributed by atoms with Crippen LogP contribution >= 0.6 is 23.2 Å². The van der Waals surface area contributed by atoms with Crippen LogP contribution in [0.4, 0.5) is 13.2 Å². The van der Waals surface area contributed by atoms with Crippen LogP contribution in [0.15, 0.2) is 71.8 Å². The van der Waals surface area contributed by atoms with Crippen LogP contribution in [-0.4, -0.2) is 30.4 Å². The Hall–Kier alpha value is -2.52. The minimum atomic E-state index is -4.37. The second kappa shape index (κ2) is 10.2. The van der Waals surface area contributed by atoms with E-state index in [0.717, 1.165) is 34.2 Å². The van der Waals surface area contributed by atoms with E-state index in [9.17, 15) is 21.6 Å². The number of aromatic nitrogens is 1. The van der Waals surface area contributed by atoms with Gasteiger partial charge >= 0.3 is 6.18 Å². The number of sulfonamides is 1. The molecule has 1 aromatic heterocycles. The zero-order valence-electron chi connectivity index (χ0n) is 20.5. The summed E-state index contributed by atoms with van der Waals surface area (Å²) in [5.74, 6) is 0.141. The van der Waals surface area contributed by atoms with Gasteiger partial charge in [-0.1, -0.05) is 53.5 Å². The van der Waals surface area contributed by atoms with Crippen LogP contribution in [0, 0.1) is 6.92 Å². The highest BCUT2D eigenvalue weighted by Crippen LogP contribution is 2.38. The fourth-order valence-electron chi connectivity index (χ4n) is 5.10. The number of nitrogens with zero attached hydrogens (tertiary/aromatic N) is 2. The maximum Gasteiger partial charge on any atom is 0.416 e. The van der Waals surface area contributed by atoms with Crippen molar-refractivity contribution in [2.75, 3.05) is 13.1 Å². The molecule has 5 rings (SSSR count). The minimum Gasteiger partial charge on any atom is -0.343 e. The van der Waals surface area contributed by atoms with E-state index in [2.05, 4.69) is 6.20 Å². The molecule has 0 amide bonds. The molecular formula is C28H25Cl2F3N2O2S. The van der Waals surface area contributed by atoms with E-state index in [1.807, 2.05) is 28.8 Å². The number of piperidine rings is 1. The van der Waals surface area contributed by atoms with Crippen LogP contribution in [0.3, 0.4) is 0 Å². The summed E-state index contributed by atoms with van der Waals surface area (Å²) in [4.78, 5) is 0.0626. The number of alkyl halides is 3. The van der Waals surface area contributed by atoms with Gasteiger partial charge in [0.25, 0.3) is 0 Å². The van der Waals surface area contributed by atoms with Gasteiger partial charge in [0, 0.05) is 41.8 Å². The maximum atomic E-state index is 13.3. The van der Waals surface area contributed by atoms with Gasteiger partial charge in [0.2, 0.25) is 10.0 Å². The molecule has 4 nitrogen and oxygen atoms in total. The number of aryl methyl sites for hydroxylation is 1. The van der Waals surface area contributed by atoms with Gasteiger partial charge in [0.15, 0.2) is 0 Å². The lowest BCUT2D eigenvalue weighted by atomic mass is 9.90. The summed E-state index contributed by atoms with van der Waals surface area (Å²) < 4.78 is 69.1. The van der Waals surface area contributed by atoms with Crippen LogP contribution in [0.1, 0.15) is 41.0 Å². The molecule has 3 aromatic carbocycles. The monoisotopic (exact) mass is 580 g/mol. The van der Waals surface area contributed by atoms with Crippen molar-refractivity contribution in [3.8, 4) is 0 Å². The van der Waals surface area contributed by atoms with Crippen LogP contribution in [0.5, 0.6) is 0 Å². The first kappa shape index (κ1) is 27.1. The second-order valence-electron chi connectivity index (χ2n) is 9.63. The van der Waals surface area contributed by atoms with Gasteiger partial charge in [-0.05, 0) is 72.7 Å². The third kappa shape index (κ3) is 5.19. The van der Waals surface area contributed by atoms with Crippen LogP contribution in [-0.2, 0) is 22.7 Å². The topological polar surface area (TPSA) is 42.3 Å². The third-order valence-electron chi connectivity index (χ3n) is 7.18. The Balaban J connectivity index is 1.37. The lowest BCUT2D eigenvalue weighted by molar-refractivity contribution is -0.137. The quantitative estimate of drug-likeness (QED) is 0.241. The molecule has 0 spiro atoms. The first-order valence-corrected chi connectivity index (χ1v) is 14.3. The van der Waals surface area contributed by atoms with E-state index >= 15 is 0 Å². The van der Waals surface area contributed by atoms with Gasteiger partial charge in [0.05, 0.1) is 10.6 Å². The molecule has 0 bridgehead atoms. The number of rotatable bonds is 5. The van der Waals surface area contributed by atoms with E-state index in [1.54, 1.807) is 6.92 Å². The molecule has 0 unspecified atom stereocenters. The zero-order chi connectivity index (χ0) is 27.2. The third-order valence-corrected chi connectivity index (χ3v) is 9.95. The molecule has 1 aliphatic heterocycles. The summed E-state index contributed by atoms with van der Waals surface area (Å²) in [7, 11) is -3.77. The van der Waals surface area contributed by atoms with Gasteiger partial charge < -0.3 is 4.57 Å². The number of benzene rings is 3. The number of para-hydroxylation sites is 1. The highest BCUT2D eigenvalue weighted by molar-refractivity contribution is 7.89. The number of hydrogen-bond acceptors (Lipinski definition) is 2. The number of hydrogen-bond donors (Lipinski definition) is 0. The second-order valence-corrected chi connectivity index (χ2v) is 12.4. The fourth-order valence-corrected chi connectivity index (χ4v) is 7.38. The highest BCUT2D eigenvalue weighted by Gasteiger charge is 2.33. The molecule has 1 aliphatic rings. The molecular weight excluding hydrogens is 556 g/mol. The Morgan fingerprint density at radius 2 is 1.61 bits per heavy atom. The molecule has 0 radical (unpaired) electrons. The number of fused-ring (bicyclic) bond motifs is 1. The van der Waals surface area contributed by atoms with Gasteiger partial charge in [-0.3, -0.25) is 0 Å². The van der Waals surface area contributed by atoms with Crippen molar-refractivity contribution < 1.29 is 21.6 Å². The van der Waals surface area contributed by atoms with Gasteiger partial charge in [-0.2, -0.15) is 17.5 Å². The first-order chi connectivity index (χ1) is 17.9. The Kier molecular flexibility index (Phi) is 7.28. The summed E-state index contributed by atoms with van der Waals surface area (Å²) in [6.45, 7) is 2.87. The number of halogens is 5. The smallest absolute Gasteiger partial charge is 0.343 e. The molecule has 0 saturated carbocycles. The minimum absolute atomic E-state index is 0.0626. The van der Waals surface area contributed by atoms with Crippen molar-refractivity contribution in [3.63, 3.8) is 0 Å². The Bertz CT molecular complexity index is 1590. The molecule has 1 saturated heterocycles. The Morgan fingerprint density at radius 1 is 0.947 bits per heavy atom. The normalized spacial score (nSPS) is 15.8. The summed E-state index contributed by atoms with van der Waals surface area (Å²) in [6, 6.07) is 16.1. The van der Waals surface area contributed by atoms with Crippen molar-refractivity contribution >= 4 is 44.1 Å². The molecule has 10 heteroatoms. The van der Waals surface area contributed by atoms with Gasteiger partial charge in [-0.15, -0.1) is 0 Å². The van der Waals surface area contributed by atoms with E-state index < -0.39 is 21.8 Å². The van der Waals surface area contributed by atoms with E-state index in [-0.39, 0.29) is 15.8 Å². The molecule has 38 heavy (non-hydrogen) atoms. The van der Waals surface area contributed by atoms with Gasteiger partial charge in [0.1, 0.15) is 4.90 Å². The van der Waals surface area contributed by atoms with Crippen molar-refractivity contribution in [3.05, 3.63) is 99.2 Å². The zero-order valence-corrected chi connectivity index (χ0v) is 22.8. The molecule has 200 valence electrons. The molecule has 0 aliphatic carbocycles. The summed E-state index contributed by atoms with van der Waals surface area (Å²) in [6.07, 6.45) is -1.04. The van der Waals surface area contributed by atoms with Crippen LogP contribution < -0.4 is 0 Å². The van der Waals surface area contributed by atoms with E-state index in [0.29, 0.717) is 43.1 Å². The summed E-state index contributed by atoms with van der Waals surface area (Å²) in [5.41, 5.74) is 2.84. The van der Waals surface area contributed by atoms with Crippen molar-refractivity contribution in [2.45, 2.75) is 43.3 Å². The van der Waals surface area contributed by atoms with Crippen molar-refractivity contribution in [1.29, 1.82) is 0 Å².